The highest BCUT2D eigenvalue weighted by atomic mass is 35.5. The van der Waals surface area contributed by atoms with Gasteiger partial charge in [0.25, 0.3) is 0 Å². The van der Waals surface area contributed by atoms with Gasteiger partial charge >= 0.3 is 0 Å². The fraction of sp³-hybridized carbons (Fsp3) is 1.00. The topological polar surface area (TPSA) is 26.0 Å². The summed E-state index contributed by atoms with van der Waals surface area (Å²) in [5.74, 6) is 0. The van der Waals surface area contributed by atoms with Gasteiger partial charge < -0.3 is 5.73 Å². The first kappa shape index (κ1) is 10.2. The van der Waals surface area contributed by atoms with Gasteiger partial charge in [0, 0.05) is 5.54 Å². The van der Waals surface area contributed by atoms with Crippen LogP contribution < -0.4 is 5.73 Å². The maximum absolute atomic E-state index is 5.95. The minimum Gasteiger partial charge on any atom is -0.325 e. The van der Waals surface area contributed by atoms with Crippen LogP contribution in [0.2, 0.25) is 0 Å². The Morgan fingerprint density at radius 3 is 1.70 bits per heavy atom. The van der Waals surface area contributed by atoms with E-state index in [-0.39, 0.29) is 17.9 Å². The maximum Gasteiger partial charge on any atom is 0.0131 e. The van der Waals surface area contributed by atoms with Crippen molar-refractivity contribution >= 4 is 12.4 Å². The lowest BCUT2D eigenvalue weighted by Gasteiger charge is -2.21. The fourth-order valence-electron chi connectivity index (χ4n) is 1.89. The predicted octanol–water partition coefficient (Wildman–Crippen LogP) is 2.34. The summed E-state index contributed by atoms with van der Waals surface area (Å²) in [5, 5.41) is 0. The van der Waals surface area contributed by atoms with E-state index in [2.05, 4.69) is 20.8 Å². The van der Waals surface area contributed by atoms with Gasteiger partial charge in [-0.15, -0.1) is 12.4 Å². The van der Waals surface area contributed by atoms with Crippen LogP contribution in [-0.4, -0.2) is 5.54 Å². The molecule has 0 spiro atoms. The largest absolute Gasteiger partial charge is 0.325 e. The number of hydrogen-bond donors (Lipinski definition) is 1. The van der Waals surface area contributed by atoms with Gasteiger partial charge in [-0.05, 0) is 31.6 Å². The lowest BCUT2D eigenvalue weighted by Crippen LogP contribution is -2.33. The molecule has 1 fully saturated rings. The zero-order valence-corrected chi connectivity index (χ0v) is 7.92. The average Bonchev–Trinajstić information content (AvgIpc) is 1.78. The Labute approximate surface area is 69.8 Å². The smallest absolute Gasteiger partial charge is 0.0131 e. The molecule has 1 atom stereocenters. The van der Waals surface area contributed by atoms with Crippen LogP contribution in [0, 0.1) is 5.41 Å². The summed E-state index contributed by atoms with van der Waals surface area (Å²) in [5.41, 5.74) is 6.59. The third kappa shape index (κ3) is 2.47. The summed E-state index contributed by atoms with van der Waals surface area (Å²) in [6, 6.07) is 0. The molecule has 1 aliphatic rings. The summed E-state index contributed by atoms with van der Waals surface area (Å²) in [4.78, 5) is 0. The Morgan fingerprint density at radius 1 is 1.10 bits per heavy atom. The molecule has 62 valence electrons. The van der Waals surface area contributed by atoms with Crippen LogP contribution in [0.25, 0.3) is 0 Å². The van der Waals surface area contributed by atoms with E-state index < -0.39 is 0 Å². The molecule has 2 heteroatoms. The number of nitrogens with two attached hydrogens (primary N) is 1. The summed E-state index contributed by atoms with van der Waals surface area (Å²) >= 11 is 0. The van der Waals surface area contributed by atoms with Crippen LogP contribution in [0.5, 0.6) is 0 Å². The third-order valence-electron chi connectivity index (χ3n) is 2.26. The van der Waals surface area contributed by atoms with Gasteiger partial charge in [-0.2, -0.15) is 0 Å². The predicted molar refractivity (Wildman–Crippen MR) is 47.5 cm³/mol. The molecule has 10 heavy (non-hydrogen) atoms. The van der Waals surface area contributed by atoms with Crippen LogP contribution in [0.3, 0.4) is 0 Å². The van der Waals surface area contributed by atoms with Crippen molar-refractivity contribution in [2.45, 2.75) is 45.6 Å². The second-order valence-electron chi connectivity index (χ2n) is 4.50. The monoisotopic (exact) mass is 163 g/mol. The zero-order valence-electron chi connectivity index (χ0n) is 7.11. The quantitative estimate of drug-likeness (QED) is 0.583. The van der Waals surface area contributed by atoms with E-state index in [9.17, 15) is 0 Å². The summed E-state index contributed by atoms with van der Waals surface area (Å²) in [7, 11) is 0. The van der Waals surface area contributed by atoms with Crippen LogP contribution in [-0.2, 0) is 0 Å². The summed E-state index contributed by atoms with van der Waals surface area (Å²) < 4.78 is 0. The van der Waals surface area contributed by atoms with Gasteiger partial charge in [0.1, 0.15) is 0 Å². The molecule has 0 aromatic rings. The van der Waals surface area contributed by atoms with E-state index in [0.29, 0.717) is 5.41 Å². The highest BCUT2D eigenvalue weighted by molar-refractivity contribution is 5.85. The molecule has 1 rings (SSSR count). The first-order chi connectivity index (χ1) is 3.91. The van der Waals surface area contributed by atoms with Crippen molar-refractivity contribution in [3.05, 3.63) is 0 Å². The minimum absolute atomic E-state index is 0. The molecule has 1 nitrogen and oxygen atoms in total. The van der Waals surface area contributed by atoms with Gasteiger partial charge in [-0.25, -0.2) is 0 Å². The molecule has 0 aliphatic heterocycles. The molecule has 1 unspecified atom stereocenters. The van der Waals surface area contributed by atoms with Crippen molar-refractivity contribution in [2.75, 3.05) is 0 Å². The Bertz CT molecular complexity index is 104. The molecule has 1 aliphatic carbocycles. The highest BCUT2D eigenvalue weighted by Crippen LogP contribution is 2.41. The van der Waals surface area contributed by atoms with Crippen molar-refractivity contribution in [2.24, 2.45) is 11.1 Å². The third-order valence-corrected chi connectivity index (χ3v) is 2.26. The second kappa shape index (κ2) is 2.71. The molecule has 0 amide bonds. The molecule has 0 radical (unpaired) electrons. The Balaban J connectivity index is 0.000000810. The van der Waals surface area contributed by atoms with Crippen molar-refractivity contribution < 1.29 is 0 Å². The van der Waals surface area contributed by atoms with Crippen molar-refractivity contribution in [3.8, 4) is 0 Å². The standard InChI is InChI=1S/C8H17N.ClH/c1-7(2)4-5-8(3,9)6-7;/h4-6,9H2,1-3H3;1H. The SMILES string of the molecule is CC1(C)CCC(C)(N)C1.Cl. The molecule has 0 aromatic heterocycles. The lowest BCUT2D eigenvalue weighted by atomic mass is 9.89. The molecule has 0 aromatic carbocycles. The second-order valence-corrected chi connectivity index (χ2v) is 4.50. The van der Waals surface area contributed by atoms with E-state index in [1.54, 1.807) is 0 Å². The number of halogens is 1. The Hall–Kier alpha value is 0.250. The van der Waals surface area contributed by atoms with Gasteiger partial charge in [0.15, 0.2) is 0 Å². The highest BCUT2D eigenvalue weighted by Gasteiger charge is 2.36. The summed E-state index contributed by atoms with van der Waals surface area (Å²) in [6.45, 7) is 6.75. The van der Waals surface area contributed by atoms with Crippen molar-refractivity contribution in [1.29, 1.82) is 0 Å². The van der Waals surface area contributed by atoms with Crippen LogP contribution in [0.4, 0.5) is 0 Å². The van der Waals surface area contributed by atoms with Crippen LogP contribution >= 0.6 is 12.4 Å². The van der Waals surface area contributed by atoms with Crippen molar-refractivity contribution in [3.63, 3.8) is 0 Å². The molecular weight excluding hydrogens is 146 g/mol. The number of hydrogen-bond acceptors (Lipinski definition) is 1. The van der Waals surface area contributed by atoms with Crippen molar-refractivity contribution in [1.82, 2.24) is 0 Å². The average molecular weight is 164 g/mol. The van der Waals surface area contributed by atoms with Gasteiger partial charge in [0.05, 0.1) is 0 Å². The molecular formula is C8H18ClN. The van der Waals surface area contributed by atoms with E-state index in [1.807, 2.05) is 0 Å². The molecule has 1 saturated carbocycles. The van der Waals surface area contributed by atoms with Gasteiger partial charge in [-0.1, -0.05) is 13.8 Å². The molecule has 0 heterocycles. The fourth-order valence-corrected chi connectivity index (χ4v) is 1.89. The van der Waals surface area contributed by atoms with E-state index in [0.717, 1.165) is 0 Å². The van der Waals surface area contributed by atoms with Crippen LogP contribution in [0.15, 0.2) is 0 Å². The van der Waals surface area contributed by atoms with E-state index in [4.69, 9.17) is 5.73 Å². The lowest BCUT2D eigenvalue weighted by molar-refractivity contribution is 0.348. The number of rotatable bonds is 0. The Morgan fingerprint density at radius 2 is 1.60 bits per heavy atom. The molecule has 2 N–H and O–H groups in total. The van der Waals surface area contributed by atoms with Gasteiger partial charge in [0.2, 0.25) is 0 Å². The zero-order chi connectivity index (χ0) is 7.12. The molecule has 0 saturated heterocycles. The van der Waals surface area contributed by atoms with E-state index in [1.165, 1.54) is 19.3 Å². The normalized spacial score (nSPS) is 37.2. The maximum atomic E-state index is 5.95. The van der Waals surface area contributed by atoms with Crippen LogP contribution in [0.1, 0.15) is 40.0 Å². The van der Waals surface area contributed by atoms with Gasteiger partial charge in [-0.3, -0.25) is 0 Å². The molecule has 0 bridgehead atoms. The first-order valence-corrected chi connectivity index (χ1v) is 3.70. The Kier molecular flexibility index (Phi) is 2.77. The first-order valence-electron chi connectivity index (χ1n) is 3.70. The summed E-state index contributed by atoms with van der Waals surface area (Å²) in [6.07, 6.45) is 3.67. The minimum atomic E-state index is 0. The van der Waals surface area contributed by atoms with E-state index >= 15 is 0 Å².